The van der Waals surface area contributed by atoms with E-state index in [2.05, 4.69) is 0 Å². The Bertz CT molecular complexity index is 829. The molecular weight excluding hydrogens is 345 g/mol. The highest BCUT2D eigenvalue weighted by molar-refractivity contribution is 6.32. The van der Waals surface area contributed by atoms with Gasteiger partial charge in [0.2, 0.25) is 6.10 Å². The summed E-state index contributed by atoms with van der Waals surface area (Å²) in [5, 5.41) is 9.06. The predicted octanol–water partition coefficient (Wildman–Crippen LogP) is 4.80. The van der Waals surface area contributed by atoms with Crippen molar-refractivity contribution in [1.29, 1.82) is 0 Å². The first-order valence-electron chi connectivity index (χ1n) is 6.84. The van der Waals surface area contributed by atoms with Gasteiger partial charge in [0.05, 0.1) is 10.6 Å². The van der Waals surface area contributed by atoms with Crippen LogP contribution in [0.4, 0.5) is 13.2 Å². The number of benzene rings is 2. The Labute approximate surface area is 139 Å². The van der Waals surface area contributed by atoms with Crippen molar-refractivity contribution < 1.29 is 27.8 Å². The van der Waals surface area contributed by atoms with Gasteiger partial charge in [0, 0.05) is 5.56 Å². The SMILES string of the molecule is O=C(O)C1=Cc2cc(-c3ccccc3)cc(Cl)c2OC1C(F)(F)F. The van der Waals surface area contributed by atoms with Crippen LogP contribution in [0.1, 0.15) is 5.56 Å². The molecule has 2 aromatic rings. The zero-order chi connectivity index (χ0) is 17.5. The number of fused-ring (bicyclic) bond motifs is 1. The van der Waals surface area contributed by atoms with Crippen LogP contribution in [0.3, 0.4) is 0 Å². The molecule has 3 rings (SSSR count). The van der Waals surface area contributed by atoms with Crippen LogP contribution in [0.15, 0.2) is 48.0 Å². The number of halogens is 4. The fourth-order valence-corrected chi connectivity index (χ4v) is 2.76. The number of alkyl halides is 3. The van der Waals surface area contributed by atoms with Crippen LogP contribution in [0.5, 0.6) is 5.75 Å². The van der Waals surface area contributed by atoms with E-state index in [9.17, 15) is 18.0 Å². The van der Waals surface area contributed by atoms with E-state index in [0.29, 0.717) is 5.56 Å². The summed E-state index contributed by atoms with van der Waals surface area (Å²) in [6, 6.07) is 12.1. The largest absolute Gasteiger partial charge is 0.478 e. The second kappa shape index (κ2) is 5.87. The third-order valence-electron chi connectivity index (χ3n) is 3.55. The zero-order valence-corrected chi connectivity index (χ0v) is 12.7. The molecule has 1 atom stereocenters. The number of rotatable bonds is 2. The lowest BCUT2D eigenvalue weighted by Crippen LogP contribution is -2.40. The van der Waals surface area contributed by atoms with Crippen LogP contribution in [-0.2, 0) is 4.79 Å². The van der Waals surface area contributed by atoms with Crippen molar-refractivity contribution in [3.63, 3.8) is 0 Å². The summed E-state index contributed by atoms with van der Waals surface area (Å²) >= 11 is 6.07. The third kappa shape index (κ3) is 2.97. The molecule has 1 N–H and O–H groups in total. The lowest BCUT2D eigenvalue weighted by Gasteiger charge is -2.28. The van der Waals surface area contributed by atoms with Crippen LogP contribution in [0.25, 0.3) is 17.2 Å². The summed E-state index contributed by atoms with van der Waals surface area (Å²) in [6.07, 6.45) is -6.45. The topological polar surface area (TPSA) is 46.5 Å². The molecule has 124 valence electrons. The third-order valence-corrected chi connectivity index (χ3v) is 3.83. The average Bonchev–Trinajstić information content (AvgIpc) is 2.53. The first-order valence-corrected chi connectivity index (χ1v) is 7.22. The minimum atomic E-state index is -4.86. The van der Waals surface area contributed by atoms with Crippen molar-refractivity contribution >= 4 is 23.6 Å². The van der Waals surface area contributed by atoms with Crippen LogP contribution >= 0.6 is 11.6 Å². The molecule has 0 aromatic heterocycles. The van der Waals surface area contributed by atoms with Crippen molar-refractivity contribution in [3.05, 3.63) is 58.6 Å². The first kappa shape index (κ1) is 16.4. The maximum Gasteiger partial charge on any atom is 0.430 e. The van der Waals surface area contributed by atoms with E-state index in [1.165, 1.54) is 6.07 Å². The van der Waals surface area contributed by atoms with E-state index < -0.39 is 23.8 Å². The molecule has 24 heavy (non-hydrogen) atoms. The van der Waals surface area contributed by atoms with Gasteiger partial charge < -0.3 is 9.84 Å². The van der Waals surface area contributed by atoms with Crippen molar-refractivity contribution in [2.45, 2.75) is 12.3 Å². The predicted molar refractivity (Wildman–Crippen MR) is 83.0 cm³/mol. The molecule has 0 aliphatic carbocycles. The lowest BCUT2D eigenvalue weighted by molar-refractivity contribution is -0.187. The molecule has 0 fully saturated rings. The molecule has 1 aliphatic rings. The smallest absolute Gasteiger partial charge is 0.430 e. The summed E-state index contributed by atoms with van der Waals surface area (Å²) in [6.45, 7) is 0. The summed E-state index contributed by atoms with van der Waals surface area (Å²) in [5.41, 5.74) is 0.760. The highest BCUT2D eigenvalue weighted by Crippen LogP contribution is 2.43. The summed E-state index contributed by atoms with van der Waals surface area (Å²) in [4.78, 5) is 11.2. The lowest BCUT2D eigenvalue weighted by atomic mass is 9.97. The fraction of sp³-hybridized carbons (Fsp3) is 0.118. The van der Waals surface area contributed by atoms with Gasteiger partial charge in [-0.25, -0.2) is 4.79 Å². The summed E-state index contributed by atoms with van der Waals surface area (Å²) < 4.78 is 44.0. The number of aliphatic carboxylic acids is 1. The highest BCUT2D eigenvalue weighted by Gasteiger charge is 2.48. The van der Waals surface area contributed by atoms with Gasteiger partial charge in [-0.15, -0.1) is 0 Å². The van der Waals surface area contributed by atoms with Crippen molar-refractivity contribution in [1.82, 2.24) is 0 Å². The van der Waals surface area contributed by atoms with Gasteiger partial charge in [-0.1, -0.05) is 41.9 Å². The molecule has 0 radical (unpaired) electrons. The molecule has 0 saturated heterocycles. The molecule has 2 aromatic carbocycles. The molecule has 1 aliphatic heterocycles. The van der Waals surface area contributed by atoms with Gasteiger partial charge in [0.1, 0.15) is 5.75 Å². The van der Waals surface area contributed by atoms with E-state index in [-0.39, 0.29) is 16.3 Å². The molecule has 7 heteroatoms. The number of hydrogen-bond donors (Lipinski definition) is 1. The Balaban J connectivity index is 2.15. The molecule has 0 bridgehead atoms. The quantitative estimate of drug-likeness (QED) is 0.842. The normalized spacial score (nSPS) is 16.8. The second-order valence-corrected chi connectivity index (χ2v) is 5.59. The average molecular weight is 355 g/mol. The van der Waals surface area contributed by atoms with Crippen molar-refractivity contribution in [2.75, 3.05) is 0 Å². The Morgan fingerprint density at radius 1 is 1.12 bits per heavy atom. The van der Waals surface area contributed by atoms with Gasteiger partial charge in [0.15, 0.2) is 0 Å². The molecule has 1 heterocycles. The van der Waals surface area contributed by atoms with Gasteiger partial charge in [0.25, 0.3) is 0 Å². The second-order valence-electron chi connectivity index (χ2n) is 5.19. The summed E-state index contributed by atoms with van der Waals surface area (Å²) in [5.74, 6) is -1.87. The highest BCUT2D eigenvalue weighted by atomic mass is 35.5. The Kier molecular flexibility index (Phi) is 4.01. The molecule has 0 amide bonds. The molecule has 3 nitrogen and oxygen atoms in total. The molecular formula is C17H10ClF3O3. The maximum atomic E-state index is 13.0. The zero-order valence-electron chi connectivity index (χ0n) is 12.0. The molecule has 1 unspecified atom stereocenters. The number of ether oxygens (including phenoxy) is 1. The minimum absolute atomic E-state index is 0.0127. The first-order chi connectivity index (χ1) is 11.3. The van der Waals surface area contributed by atoms with E-state index >= 15 is 0 Å². The number of hydrogen-bond acceptors (Lipinski definition) is 2. The van der Waals surface area contributed by atoms with E-state index in [4.69, 9.17) is 21.4 Å². The van der Waals surface area contributed by atoms with Crippen molar-refractivity contribution in [3.8, 4) is 16.9 Å². The number of carboxylic acid groups (broad SMARTS) is 1. The van der Waals surface area contributed by atoms with Crippen LogP contribution in [-0.4, -0.2) is 23.4 Å². The molecule has 0 saturated carbocycles. The van der Waals surface area contributed by atoms with Crippen molar-refractivity contribution in [2.24, 2.45) is 0 Å². The Morgan fingerprint density at radius 2 is 1.79 bits per heavy atom. The number of carboxylic acids is 1. The van der Waals surface area contributed by atoms with Crippen LogP contribution < -0.4 is 4.74 Å². The molecule has 0 spiro atoms. The van der Waals surface area contributed by atoms with E-state index in [1.54, 1.807) is 18.2 Å². The van der Waals surface area contributed by atoms with Gasteiger partial charge in [-0.3, -0.25) is 0 Å². The summed E-state index contributed by atoms with van der Waals surface area (Å²) in [7, 11) is 0. The maximum absolute atomic E-state index is 13.0. The van der Waals surface area contributed by atoms with Crippen LogP contribution in [0.2, 0.25) is 5.02 Å². The minimum Gasteiger partial charge on any atom is -0.478 e. The Morgan fingerprint density at radius 3 is 2.38 bits per heavy atom. The van der Waals surface area contributed by atoms with Crippen LogP contribution in [0, 0.1) is 0 Å². The van der Waals surface area contributed by atoms with E-state index in [0.717, 1.165) is 11.6 Å². The number of carbonyl (C=O) groups is 1. The monoisotopic (exact) mass is 354 g/mol. The Hall–Kier alpha value is -2.47. The van der Waals surface area contributed by atoms with Gasteiger partial charge >= 0.3 is 12.1 Å². The van der Waals surface area contributed by atoms with E-state index in [1.807, 2.05) is 18.2 Å². The van der Waals surface area contributed by atoms with Gasteiger partial charge in [-0.05, 0) is 29.3 Å². The fourth-order valence-electron chi connectivity index (χ4n) is 2.49. The standard InChI is InChI=1S/C17H10ClF3O3/c18-13-8-10(9-4-2-1-3-5-9)6-11-7-12(16(22)23)15(17(19,20)21)24-14(11)13/h1-8,15H,(H,22,23). The van der Waals surface area contributed by atoms with Gasteiger partial charge in [-0.2, -0.15) is 13.2 Å².